The maximum absolute atomic E-state index is 5.02. The summed E-state index contributed by atoms with van der Waals surface area (Å²) < 4.78 is 0. The molecule has 0 fully saturated rings. The predicted molar refractivity (Wildman–Crippen MR) is 117 cm³/mol. The summed E-state index contributed by atoms with van der Waals surface area (Å²) in [5.74, 6) is 0. The number of para-hydroxylation sites is 1. The van der Waals surface area contributed by atoms with Crippen molar-refractivity contribution in [3.8, 4) is 9.75 Å². The lowest BCUT2D eigenvalue weighted by molar-refractivity contribution is 0.722. The third kappa shape index (κ3) is 3.22. The van der Waals surface area contributed by atoms with Gasteiger partial charge in [0, 0.05) is 21.1 Å². The van der Waals surface area contributed by atoms with Crippen LogP contribution >= 0.6 is 22.7 Å². The molecule has 2 aromatic heterocycles. The molecule has 4 aromatic rings. The Morgan fingerprint density at radius 1 is 0.778 bits per heavy atom. The van der Waals surface area contributed by atoms with Gasteiger partial charge in [0.25, 0.3) is 0 Å². The number of hydrogen-bond acceptors (Lipinski definition) is 4. The Bertz CT molecular complexity index is 1050. The first kappa shape index (κ1) is 16.5. The van der Waals surface area contributed by atoms with Crippen LogP contribution in [0.1, 0.15) is 22.9 Å². The number of rotatable bonds is 4. The van der Waals surface area contributed by atoms with E-state index in [1.807, 2.05) is 11.3 Å². The molecule has 0 N–H and O–H groups in total. The molecule has 0 aliphatic carbocycles. The summed E-state index contributed by atoms with van der Waals surface area (Å²) in [7, 11) is 0. The fourth-order valence-electron chi connectivity index (χ4n) is 3.44. The van der Waals surface area contributed by atoms with Gasteiger partial charge in [0.2, 0.25) is 0 Å². The van der Waals surface area contributed by atoms with Crippen molar-refractivity contribution in [2.75, 3.05) is 5.01 Å². The van der Waals surface area contributed by atoms with Gasteiger partial charge in [0.15, 0.2) is 0 Å². The van der Waals surface area contributed by atoms with Crippen molar-refractivity contribution < 1.29 is 0 Å². The second kappa shape index (κ2) is 7.14. The minimum Gasteiger partial charge on any atom is -0.257 e. The van der Waals surface area contributed by atoms with Crippen molar-refractivity contribution in [2.45, 2.75) is 12.5 Å². The Morgan fingerprint density at radius 3 is 2.30 bits per heavy atom. The van der Waals surface area contributed by atoms with E-state index < -0.39 is 0 Å². The first-order valence-corrected chi connectivity index (χ1v) is 10.7. The van der Waals surface area contributed by atoms with Crippen LogP contribution in [0.2, 0.25) is 0 Å². The van der Waals surface area contributed by atoms with Crippen LogP contribution in [-0.4, -0.2) is 5.71 Å². The van der Waals surface area contributed by atoms with E-state index in [1.165, 1.54) is 20.2 Å². The number of nitrogens with zero attached hydrogens (tertiary/aromatic N) is 2. The minimum atomic E-state index is 0.237. The molecule has 1 aliphatic rings. The number of benzene rings is 2. The van der Waals surface area contributed by atoms with Crippen molar-refractivity contribution in [1.29, 1.82) is 0 Å². The van der Waals surface area contributed by atoms with Crippen LogP contribution in [0.3, 0.4) is 0 Å². The molecule has 2 aromatic carbocycles. The van der Waals surface area contributed by atoms with Crippen LogP contribution in [-0.2, 0) is 0 Å². The van der Waals surface area contributed by atoms with Crippen LogP contribution in [0.25, 0.3) is 9.75 Å². The molecule has 2 nitrogen and oxygen atoms in total. The molecule has 0 saturated heterocycles. The van der Waals surface area contributed by atoms with Gasteiger partial charge in [-0.3, -0.25) is 5.01 Å². The van der Waals surface area contributed by atoms with Gasteiger partial charge in [-0.1, -0.05) is 54.6 Å². The van der Waals surface area contributed by atoms with Gasteiger partial charge >= 0.3 is 0 Å². The zero-order valence-electron chi connectivity index (χ0n) is 14.7. The SMILES string of the molecule is c1ccc(C2=NN(c3ccccc3)C(c3ccc(-c4cccs4)s3)C2)cc1. The standard InChI is InChI=1S/C23H18N2S2/c1-3-8-17(9-4-1)19-16-20(25(24-19)18-10-5-2-6-11-18)21-13-14-23(27-21)22-12-7-15-26-22/h1-15,20H,16H2. The largest absolute Gasteiger partial charge is 0.257 e. The third-order valence-corrected chi connectivity index (χ3v) is 7.01. The molecule has 4 heteroatoms. The highest BCUT2D eigenvalue weighted by Crippen LogP contribution is 2.42. The highest BCUT2D eigenvalue weighted by Gasteiger charge is 2.31. The first-order valence-electron chi connectivity index (χ1n) is 8.99. The summed E-state index contributed by atoms with van der Waals surface area (Å²) in [5.41, 5.74) is 3.49. The van der Waals surface area contributed by atoms with Crippen LogP contribution < -0.4 is 5.01 Å². The molecule has 3 heterocycles. The second-order valence-corrected chi connectivity index (χ2v) is 8.56. The van der Waals surface area contributed by atoms with Gasteiger partial charge in [-0.25, -0.2) is 0 Å². The summed E-state index contributed by atoms with van der Waals surface area (Å²) in [6, 6.07) is 30.0. The van der Waals surface area contributed by atoms with Crippen LogP contribution in [0.5, 0.6) is 0 Å². The number of hydrogen-bond donors (Lipinski definition) is 0. The third-order valence-electron chi connectivity index (χ3n) is 4.76. The van der Waals surface area contributed by atoms with E-state index in [4.69, 9.17) is 5.10 Å². The molecule has 132 valence electrons. The normalized spacial score (nSPS) is 16.5. The number of anilines is 1. The fourth-order valence-corrected chi connectivity index (χ4v) is 5.37. The average molecular weight is 387 g/mol. The Hall–Kier alpha value is -2.69. The van der Waals surface area contributed by atoms with Crippen LogP contribution in [0, 0.1) is 0 Å². The molecule has 0 amide bonds. The van der Waals surface area contributed by atoms with Gasteiger partial charge in [0.1, 0.15) is 0 Å². The summed E-state index contributed by atoms with van der Waals surface area (Å²) in [6.07, 6.45) is 0.920. The van der Waals surface area contributed by atoms with Crippen molar-refractivity contribution in [1.82, 2.24) is 0 Å². The van der Waals surface area contributed by atoms with E-state index >= 15 is 0 Å². The lowest BCUT2D eigenvalue weighted by Gasteiger charge is -2.22. The van der Waals surface area contributed by atoms with E-state index in [0.717, 1.165) is 17.8 Å². The molecule has 1 unspecified atom stereocenters. The maximum atomic E-state index is 5.02. The molecule has 0 saturated carbocycles. The molecule has 27 heavy (non-hydrogen) atoms. The Morgan fingerprint density at radius 2 is 1.56 bits per heavy atom. The monoisotopic (exact) mass is 386 g/mol. The van der Waals surface area contributed by atoms with E-state index in [1.54, 1.807) is 11.3 Å². The molecule has 1 aliphatic heterocycles. The van der Waals surface area contributed by atoms with Crippen molar-refractivity contribution in [2.24, 2.45) is 5.10 Å². The fraction of sp³-hybridized carbons (Fsp3) is 0.0870. The molecule has 0 spiro atoms. The van der Waals surface area contributed by atoms with Crippen molar-refractivity contribution in [3.05, 3.63) is 101 Å². The molecule has 5 rings (SSSR count). The molecule has 1 atom stereocenters. The number of hydrazone groups is 1. The van der Waals surface area contributed by atoms with E-state index in [9.17, 15) is 0 Å². The minimum absolute atomic E-state index is 0.237. The Labute approximate surface area is 167 Å². The lowest BCUT2D eigenvalue weighted by Crippen LogP contribution is -2.17. The highest BCUT2D eigenvalue weighted by atomic mass is 32.1. The molecular formula is C23H18N2S2. The van der Waals surface area contributed by atoms with Crippen LogP contribution in [0.4, 0.5) is 5.69 Å². The van der Waals surface area contributed by atoms with Gasteiger partial charge < -0.3 is 0 Å². The molecular weight excluding hydrogens is 368 g/mol. The van der Waals surface area contributed by atoms with E-state index in [-0.39, 0.29) is 6.04 Å². The van der Waals surface area contributed by atoms with E-state index in [2.05, 4.69) is 95.3 Å². The zero-order valence-corrected chi connectivity index (χ0v) is 16.3. The number of thiophene rings is 2. The molecule has 0 bridgehead atoms. The van der Waals surface area contributed by atoms with E-state index in [0.29, 0.717) is 0 Å². The quantitative estimate of drug-likeness (QED) is 0.375. The lowest BCUT2D eigenvalue weighted by atomic mass is 10.0. The second-order valence-electron chi connectivity index (χ2n) is 6.49. The van der Waals surface area contributed by atoms with Gasteiger partial charge in [-0.05, 0) is 41.3 Å². The Kier molecular flexibility index (Phi) is 4.36. The van der Waals surface area contributed by atoms with Gasteiger partial charge in [-0.15, -0.1) is 22.7 Å². The summed E-state index contributed by atoms with van der Waals surface area (Å²) in [4.78, 5) is 4.03. The topological polar surface area (TPSA) is 15.6 Å². The average Bonchev–Trinajstić information content (AvgIpc) is 3.49. The predicted octanol–water partition coefficient (Wildman–Crippen LogP) is 6.83. The zero-order chi connectivity index (χ0) is 18.1. The van der Waals surface area contributed by atoms with Crippen molar-refractivity contribution in [3.63, 3.8) is 0 Å². The van der Waals surface area contributed by atoms with Crippen LogP contribution in [0.15, 0.2) is 95.4 Å². The van der Waals surface area contributed by atoms with Gasteiger partial charge in [-0.2, -0.15) is 5.10 Å². The molecule has 0 radical (unpaired) electrons. The summed E-state index contributed by atoms with van der Waals surface area (Å²) >= 11 is 3.67. The smallest absolute Gasteiger partial charge is 0.0923 e. The van der Waals surface area contributed by atoms with Gasteiger partial charge in [0.05, 0.1) is 17.4 Å². The first-order chi connectivity index (χ1) is 13.4. The highest BCUT2D eigenvalue weighted by molar-refractivity contribution is 7.21. The van der Waals surface area contributed by atoms with Crippen molar-refractivity contribution >= 4 is 34.1 Å². The summed E-state index contributed by atoms with van der Waals surface area (Å²) in [5, 5.41) is 9.34. The Balaban J connectivity index is 1.53. The maximum Gasteiger partial charge on any atom is 0.0923 e. The summed E-state index contributed by atoms with van der Waals surface area (Å²) in [6.45, 7) is 0.